The van der Waals surface area contributed by atoms with Crippen LogP contribution in [0.3, 0.4) is 0 Å². The van der Waals surface area contributed by atoms with Crippen LogP contribution in [-0.2, 0) is 20.7 Å². The van der Waals surface area contributed by atoms with Gasteiger partial charge in [-0.1, -0.05) is 25.5 Å². The Morgan fingerprint density at radius 1 is 1.23 bits per heavy atom. The molecule has 1 fully saturated rings. The van der Waals surface area contributed by atoms with Crippen LogP contribution in [0.2, 0.25) is 0 Å². The van der Waals surface area contributed by atoms with E-state index in [0.29, 0.717) is 17.0 Å². The molecule has 2 aliphatic carbocycles. The minimum atomic E-state index is -0.939. The van der Waals surface area contributed by atoms with Crippen molar-refractivity contribution in [1.29, 1.82) is 0 Å². The number of esters is 1. The molecule has 4 atom stereocenters. The van der Waals surface area contributed by atoms with Gasteiger partial charge in [-0.2, -0.15) is 0 Å². The van der Waals surface area contributed by atoms with Crippen molar-refractivity contribution in [2.24, 2.45) is 23.7 Å². The van der Waals surface area contributed by atoms with Gasteiger partial charge in [-0.05, 0) is 37.7 Å². The lowest BCUT2D eigenvalue weighted by Crippen LogP contribution is -2.36. The van der Waals surface area contributed by atoms with Gasteiger partial charge in [-0.15, -0.1) is 11.3 Å². The highest BCUT2D eigenvalue weighted by Gasteiger charge is 2.51. The minimum absolute atomic E-state index is 0.0535. The zero-order chi connectivity index (χ0) is 18.8. The highest BCUT2D eigenvalue weighted by atomic mass is 32.1. The Bertz CT molecular complexity index is 753. The van der Waals surface area contributed by atoms with E-state index in [1.165, 1.54) is 11.3 Å². The maximum absolute atomic E-state index is 12.9. The lowest BCUT2D eigenvalue weighted by molar-refractivity contribution is -0.146. The number of carbonyl (C=O) groups is 3. The number of anilines is 1. The van der Waals surface area contributed by atoms with Gasteiger partial charge in [0.1, 0.15) is 5.00 Å². The molecule has 0 saturated heterocycles. The van der Waals surface area contributed by atoms with Crippen LogP contribution in [0.1, 0.15) is 41.9 Å². The van der Waals surface area contributed by atoms with Crippen LogP contribution < -0.4 is 5.32 Å². The van der Waals surface area contributed by atoms with E-state index in [1.807, 2.05) is 19.1 Å². The summed E-state index contributed by atoms with van der Waals surface area (Å²) in [5, 5.41) is 12.8. The predicted octanol–water partition coefficient (Wildman–Crippen LogP) is 3.34. The molecule has 0 unspecified atom stereocenters. The topological polar surface area (TPSA) is 92.7 Å². The quantitative estimate of drug-likeness (QED) is 0.562. The van der Waals surface area contributed by atoms with E-state index < -0.39 is 23.8 Å². The van der Waals surface area contributed by atoms with Gasteiger partial charge in [0, 0.05) is 4.88 Å². The highest BCUT2D eigenvalue weighted by Crippen LogP contribution is 2.48. The number of hydrogen-bond acceptors (Lipinski definition) is 5. The summed E-state index contributed by atoms with van der Waals surface area (Å²) in [6.45, 7) is 4.03. The Labute approximate surface area is 156 Å². The van der Waals surface area contributed by atoms with Crippen molar-refractivity contribution >= 4 is 34.2 Å². The first kappa shape index (κ1) is 18.6. The highest BCUT2D eigenvalue weighted by molar-refractivity contribution is 7.16. The molecule has 26 heavy (non-hydrogen) atoms. The molecule has 0 aliphatic heterocycles. The molecule has 2 aliphatic rings. The van der Waals surface area contributed by atoms with Gasteiger partial charge in [-0.3, -0.25) is 9.59 Å². The normalized spacial score (nSPS) is 26.1. The Balaban J connectivity index is 1.83. The van der Waals surface area contributed by atoms with E-state index in [-0.39, 0.29) is 24.3 Å². The molecule has 6 nitrogen and oxygen atoms in total. The van der Waals surface area contributed by atoms with E-state index in [4.69, 9.17) is 4.74 Å². The minimum Gasteiger partial charge on any atom is -0.481 e. The standard InChI is InChI=1S/C19H23NO5S/c1-3-5-12-9-13(19(24)25-4-2)17(26-12)20-16(21)14-10-6-7-11(8-10)15(14)18(22)23/h6-7,9-11,14-15H,3-5,8H2,1-2H3,(H,20,21)(H,22,23)/t10-,11-,14-,15+/m1/s1. The molecule has 0 radical (unpaired) electrons. The van der Waals surface area contributed by atoms with Gasteiger partial charge in [-0.25, -0.2) is 4.79 Å². The van der Waals surface area contributed by atoms with Crippen molar-refractivity contribution in [3.8, 4) is 0 Å². The Morgan fingerprint density at radius 2 is 1.92 bits per heavy atom. The number of fused-ring (bicyclic) bond motifs is 2. The van der Waals surface area contributed by atoms with Gasteiger partial charge >= 0.3 is 11.9 Å². The molecule has 3 rings (SSSR count). The van der Waals surface area contributed by atoms with Gasteiger partial charge in [0.25, 0.3) is 0 Å². The summed E-state index contributed by atoms with van der Waals surface area (Å²) in [6.07, 6.45) is 6.28. The number of hydrogen-bond donors (Lipinski definition) is 2. The molecule has 1 amide bonds. The second kappa shape index (κ2) is 7.61. The van der Waals surface area contributed by atoms with Crippen LogP contribution in [0.25, 0.3) is 0 Å². The first-order valence-corrected chi connectivity index (χ1v) is 9.79. The summed E-state index contributed by atoms with van der Waals surface area (Å²) in [6, 6.07) is 1.76. The van der Waals surface area contributed by atoms with Crippen LogP contribution in [0.15, 0.2) is 18.2 Å². The zero-order valence-electron chi connectivity index (χ0n) is 14.9. The molecule has 2 N–H and O–H groups in total. The summed E-state index contributed by atoms with van der Waals surface area (Å²) in [7, 11) is 0. The summed E-state index contributed by atoms with van der Waals surface area (Å²) in [5.74, 6) is -3.18. The van der Waals surface area contributed by atoms with Crippen LogP contribution in [0.5, 0.6) is 0 Å². The van der Waals surface area contributed by atoms with Crippen molar-refractivity contribution in [2.45, 2.75) is 33.1 Å². The largest absolute Gasteiger partial charge is 0.481 e. The molecule has 1 aromatic heterocycles. The SMILES string of the molecule is CCCc1cc(C(=O)OCC)c(NC(=O)[C@H]2[C@@H](C(=O)O)[C@@H]3C=C[C@@H]2C3)s1. The maximum Gasteiger partial charge on any atom is 0.341 e. The van der Waals surface area contributed by atoms with Crippen LogP contribution in [-0.4, -0.2) is 29.6 Å². The number of rotatable bonds is 7. The van der Waals surface area contributed by atoms with Crippen LogP contribution in [0, 0.1) is 23.7 Å². The second-order valence-corrected chi connectivity index (χ2v) is 7.89. The molecule has 1 saturated carbocycles. The molecular weight excluding hydrogens is 354 g/mol. The maximum atomic E-state index is 12.9. The van der Waals surface area contributed by atoms with E-state index in [0.717, 1.165) is 17.7 Å². The fourth-order valence-corrected chi connectivity index (χ4v) is 5.13. The van der Waals surface area contributed by atoms with Crippen molar-refractivity contribution in [1.82, 2.24) is 0 Å². The predicted molar refractivity (Wildman–Crippen MR) is 98.3 cm³/mol. The van der Waals surface area contributed by atoms with Gasteiger partial charge in [0.2, 0.25) is 5.91 Å². The molecule has 1 aromatic rings. The number of amides is 1. The number of carbonyl (C=O) groups excluding carboxylic acids is 2. The van der Waals surface area contributed by atoms with Crippen molar-refractivity contribution in [2.75, 3.05) is 11.9 Å². The monoisotopic (exact) mass is 377 g/mol. The smallest absolute Gasteiger partial charge is 0.341 e. The van der Waals surface area contributed by atoms with E-state index >= 15 is 0 Å². The van der Waals surface area contributed by atoms with E-state index in [9.17, 15) is 19.5 Å². The average molecular weight is 377 g/mol. The number of nitrogens with one attached hydrogen (secondary N) is 1. The zero-order valence-corrected chi connectivity index (χ0v) is 15.7. The molecule has 140 valence electrons. The lowest BCUT2D eigenvalue weighted by atomic mass is 9.82. The van der Waals surface area contributed by atoms with Gasteiger partial charge in [0.05, 0.1) is 24.0 Å². The summed E-state index contributed by atoms with van der Waals surface area (Å²) >= 11 is 1.36. The van der Waals surface area contributed by atoms with Crippen molar-refractivity contribution in [3.05, 3.63) is 28.7 Å². The lowest BCUT2D eigenvalue weighted by Gasteiger charge is -2.23. The number of aliphatic carboxylic acids is 1. The fraction of sp³-hybridized carbons (Fsp3) is 0.526. The Kier molecular flexibility index (Phi) is 5.46. The third-order valence-corrected chi connectivity index (χ3v) is 6.17. The molecule has 0 spiro atoms. The third kappa shape index (κ3) is 3.40. The number of thiophene rings is 1. The second-order valence-electron chi connectivity index (χ2n) is 6.75. The average Bonchev–Trinajstić information content (AvgIpc) is 3.29. The first-order valence-electron chi connectivity index (χ1n) is 8.98. The van der Waals surface area contributed by atoms with Crippen LogP contribution >= 0.6 is 11.3 Å². The van der Waals surface area contributed by atoms with Crippen molar-refractivity contribution in [3.63, 3.8) is 0 Å². The van der Waals surface area contributed by atoms with Gasteiger partial charge in [0.15, 0.2) is 0 Å². The molecule has 7 heteroatoms. The number of ether oxygens (including phenoxy) is 1. The molecule has 1 heterocycles. The third-order valence-electron chi connectivity index (χ3n) is 5.06. The summed E-state index contributed by atoms with van der Waals surface area (Å²) in [5.41, 5.74) is 0.347. The van der Waals surface area contributed by atoms with Crippen LogP contribution in [0.4, 0.5) is 5.00 Å². The van der Waals surface area contributed by atoms with Crippen molar-refractivity contribution < 1.29 is 24.2 Å². The summed E-state index contributed by atoms with van der Waals surface area (Å²) < 4.78 is 5.09. The summed E-state index contributed by atoms with van der Waals surface area (Å²) in [4.78, 5) is 37.7. The number of carboxylic acids is 1. The van der Waals surface area contributed by atoms with Gasteiger partial charge < -0.3 is 15.2 Å². The number of carboxylic acid groups (broad SMARTS) is 1. The number of allylic oxidation sites excluding steroid dienone is 2. The Morgan fingerprint density at radius 3 is 2.54 bits per heavy atom. The molecular formula is C19H23NO5S. The molecule has 0 aromatic carbocycles. The Hall–Kier alpha value is -2.15. The van der Waals surface area contributed by atoms with E-state index in [2.05, 4.69) is 5.32 Å². The van der Waals surface area contributed by atoms with E-state index in [1.54, 1.807) is 13.0 Å². The molecule has 2 bridgehead atoms. The fourth-order valence-electron chi connectivity index (χ4n) is 3.98. The number of aryl methyl sites for hydroxylation is 1. The first-order chi connectivity index (χ1) is 12.5.